The van der Waals surface area contributed by atoms with E-state index in [4.69, 9.17) is 19.2 Å². The van der Waals surface area contributed by atoms with Crippen molar-refractivity contribution in [3.63, 3.8) is 0 Å². The zero-order valence-corrected chi connectivity index (χ0v) is 20.0. The normalized spacial score (nSPS) is 22.3. The van der Waals surface area contributed by atoms with E-state index in [1.54, 1.807) is 13.1 Å². The number of aryl methyl sites for hydroxylation is 1. The number of benzene rings is 2. The summed E-state index contributed by atoms with van der Waals surface area (Å²) in [6.07, 6.45) is 2.12. The SMILES string of the molecule is CC1NCCOCC12CCO2.Cn1c(=O)oc2ccc(-c3ccc(C[C@@H](C#N)NC=O)cc3)cc21.[HH].[HH]. The van der Waals surface area contributed by atoms with Crippen molar-refractivity contribution in [2.24, 2.45) is 7.05 Å². The molecule has 1 amide bonds. The Morgan fingerprint density at radius 3 is 2.69 bits per heavy atom. The van der Waals surface area contributed by atoms with Gasteiger partial charge >= 0.3 is 5.76 Å². The fourth-order valence-corrected chi connectivity index (χ4v) is 4.32. The molecule has 3 heterocycles. The molecule has 188 valence electrons. The number of nitrogens with zero attached hydrogens (tertiary/aromatic N) is 2. The average Bonchev–Trinajstić information content (AvgIpc) is 3.00. The van der Waals surface area contributed by atoms with Crippen LogP contribution in [0.2, 0.25) is 0 Å². The smallest absolute Gasteiger partial charge is 0.408 e. The molecular formula is C26H34N4O5. The maximum Gasteiger partial charge on any atom is 0.419 e. The Morgan fingerprint density at radius 1 is 1.29 bits per heavy atom. The van der Waals surface area contributed by atoms with Crippen molar-refractivity contribution in [2.75, 3.05) is 26.4 Å². The van der Waals surface area contributed by atoms with Crippen LogP contribution in [0.15, 0.2) is 51.7 Å². The van der Waals surface area contributed by atoms with Gasteiger partial charge in [0, 0.05) is 35.3 Å². The molecule has 1 spiro atoms. The second-order valence-corrected chi connectivity index (χ2v) is 8.87. The second kappa shape index (κ2) is 10.9. The van der Waals surface area contributed by atoms with Crippen LogP contribution in [0, 0.1) is 11.3 Å². The molecule has 2 unspecified atom stereocenters. The van der Waals surface area contributed by atoms with E-state index in [0.29, 0.717) is 24.5 Å². The van der Waals surface area contributed by atoms with Crippen LogP contribution in [-0.4, -0.2) is 55.0 Å². The van der Waals surface area contributed by atoms with Crippen molar-refractivity contribution >= 4 is 17.5 Å². The third-order valence-corrected chi connectivity index (χ3v) is 6.69. The molecule has 1 aromatic heterocycles. The highest BCUT2D eigenvalue weighted by Gasteiger charge is 2.44. The Bertz CT molecular complexity index is 1260. The van der Waals surface area contributed by atoms with Gasteiger partial charge in [0.05, 0.1) is 31.4 Å². The van der Waals surface area contributed by atoms with Gasteiger partial charge in [-0.1, -0.05) is 30.3 Å². The van der Waals surface area contributed by atoms with E-state index < -0.39 is 6.04 Å². The number of nitriles is 1. The quantitative estimate of drug-likeness (QED) is 0.537. The predicted octanol–water partition coefficient (Wildman–Crippen LogP) is 2.62. The number of hydrogen-bond donors (Lipinski definition) is 2. The molecule has 9 nitrogen and oxygen atoms in total. The average molecular weight is 483 g/mol. The lowest BCUT2D eigenvalue weighted by Gasteiger charge is -2.44. The number of rotatable bonds is 5. The summed E-state index contributed by atoms with van der Waals surface area (Å²) in [5, 5.41) is 14.8. The van der Waals surface area contributed by atoms with Crippen LogP contribution in [0.4, 0.5) is 0 Å². The Kier molecular flexibility index (Phi) is 7.66. The van der Waals surface area contributed by atoms with Gasteiger partial charge in [-0.15, -0.1) is 0 Å². The predicted molar refractivity (Wildman–Crippen MR) is 135 cm³/mol. The highest BCUT2D eigenvalue weighted by atomic mass is 16.6. The molecule has 3 aromatic rings. The van der Waals surface area contributed by atoms with E-state index in [-0.39, 0.29) is 14.2 Å². The first-order chi connectivity index (χ1) is 17.0. The number of fused-ring (bicyclic) bond motifs is 1. The summed E-state index contributed by atoms with van der Waals surface area (Å²) < 4.78 is 17.6. The lowest BCUT2D eigenvalue weighted by Crippen LogP contribution is -2.58. The number of hydrogen-bond acceptors (Lipinski definition) is 7. The number of amides is 1. The van der Waals surface area contributed by atoms with Crippen molar-refractivity contribution in [3.05, 3.63) is 58.6 Å². The molecular weight excluding hydrogens is 448 g/mol. The lowest BCUT2D eigenvalue weighted by atomic mass is 9.88. The van der Waals surface area contributed by atoms with Gasteiger partial charge in [-0.25, -0.2) is 4.79 Å². The first-order valence-corrected chi connectivity index (χ1v) is 11.7. The van der Waals surface area contributed by atoms with Crippen LogP contribution in [0.3, 0.4) is 0 Å². The molecule has 0 radical (unpaired) electrons. The summed E-state index contributed by atoms with van der Waals surface area (Å²) in [6.45, 7) is 5.60. The minimum atomic E-state index is -0.537. The van der Waals surface area contributed by atoms with Crippen molar-refractivity contribution in [1.82, 2.24) is 15.2 Å². The molecule has 2 aliphatic rings. The Hall–Kier alpha value is -3.45. The molecule has 2 N–H and O–H groups in total. The highest BCUT2D eigenvalue weighted by molar-refractivity contribution is 5.80. The number of carbonyl (C=O) groups is 1. The largest absolute Gasteiger partial charge is 0.419 e. The minimum Gasteiger partial charge on any atom is -0.408 e. The van der Waals surface area contributed by atoms with Crippen molar-refractivity contribution in [2.45, 2.75) is 37.5 Å². The summed E-state index contributed by atoms with van der Waals surface area (Å²) >= 11 is 0. The van der Waals surface area contributed by atoms with Crippen molar-refractivity contribution in [3.8, 4) is 17.2 Å². The van der Waals surface area contributed by atoms with E-state index >= 15 is 0 Å². The Balaban J connectivity index is 0.000000312. The maximum absolute atomic E-state index is 11.6. The van der Waals surface area contributed by atoms with Crippen molar-refractivity contribution in [1.29, 1.82) is 5.26 Å². The summed E-state index contributed by atoms with van der Waals surface area (Å²) in [5.74, 6) is -0.386. The topological polar surface area (TPSA) is 119 Å². The van der Waals surface area contributed by atoms with Gasteiger partial charge in [-0.3, -0.25) is 9.36 Å². The Morgan fingerprint density at radius 2 is 2.03 bits per heavy atom. The summed E-state index contributed by atoms with van der Waals surface area (Å²) in [7, 11) is 1.67. The van der Waals surface area contributed by atoms with Crippen LogP contribution >= 0.6 is 0 Å². The molecule has 2 aromatic carbocycles. The van der Waals surface area contributed by atoms with E-state index in [0.717, 1.165) is 55.0 Å². The molecule has 5 rings (SSSR count). The third kappa shape index (κ3) is 5.46. The Labute approximate surface area is 206 Å². The van der Waals surface area contributed by atoms with Crippen LogP contribution in [-0.2, 0) is 27.7 Å². The van der Waals surface area contributed by atoms with Gasteiger partial charge < -0.3 is 24.5 Å². The fourth-order valence-electron chi connectivity index (χ4n) is 4.32. The van der Waals surface area contributed by atoms with Gasteiger partial charge in [0.2, 0.25) is 6.41 Å². The summed E-state index contributed by atoms with van der Waals surface area (Å²) in [4.78, 5) is 22.0. The second-order valence-electron chi connectivity index (χ2n) is 8.87. The number of aromatic nitrogens is 1. The highest BCUT2D eigenvalue weighted by Crippen LogP contribution is 2.31. The van der Waals surface area contributed by atoms with Crippen LogP contribution in [0.5, 0.6) is 0 Å². The van der Waals surface area contributed by atoms with Gasteiger partial charge in [-0.2, -0.15) is 5.26 Å². The number of carbonyl (C=O) groups excluding carboxylic acids is 1. The molecule has 0 bridgehead atoms. The monoisotopic (exact) mass is 482 g/mol. The van der Waals surface area contributed by atoms with Crippen molar-refractivity contribution < 1.29 is 21.5 Å². The first kappa shape index (κ1) is 24.7. The molecule has 2 saturated heterocycles. The van der Waals surface area contributed by atoms with Crippen LogP contribution in [0.1, 0.15) is 21.8 Å². The molecule has 0 saturated carbocycles. The summed E-state index contributed by atoms with van der Waals surface area (Å²) in [5.41, 5.74) is 4.22. The van der Waals surface area contributed by atoms with Gasteiger partial charge in [0.15, 0.2) is 5.58 Å². The van der Waals surface area contributed by atoms with Crippen LogP contribution in [0.25, 0.3) is 22.2 Å². The van der Waals surface area contributed by atoms with Crippen LogP contribution < -0.4 is 16.4 Å². The third-order valence-electron chi connectivity index (χ3n) is 6.69. The first-order valence-electron chi connectivity index (χ1n) is 11.7. The number of nitrogens with one attached hydrogen (secondary N) is 2. The van der Waals surface area contributed by atoms with Gasteiger partial charge in [0.1, 0.15) is 11.6 Å². The van der Waals surface area contributed by atoms with E-state index in [1.165, 1.54) is 4.57 Å². The molecule has 35 heavy (non-hydrogen) atoms. The molecule has 9 heteroatoms. The summed E-state index contributed by atoms with van der Waals surface area (Å²) in [6, 6.07) is 15.3. The maximum atomic E-state index is 11.6. The van der Waals surface area contributed by atoms with E-state index in [2.05, 4.69) is 17.6 Å². The molecule has 3 atom stereocenters. The zero-order valence-electron chi connectivity index (χ0n) is 20.0. The fraction of sp³-hybridized carbons (Fsp3) is 0.423. The molecule has 2 aliphatic heterocycles. The van der Waals surface area contributed by atoms with Gasteiger partial charge in [0.25, 0.3) is 0 Å². The minimum absolute atomic E-state index is 0. The molecule has 2 fully saturated rings. The standard InChI is InChI=1S/C18H15N3O3.C8H15NO2.2H2/c1-21-16-9-14(6-7-17(16)24-18(21)23)13-4-2-12(3-5-13)8-15(10-19)20-11-22;1-7-8(2-4-11-8)6-10-5-3-9-7;;/h2-7,9,11,15H,8H2,1H3,(H,20,22);7,9H,2-6H2,1H3;2*1H/t15-;;;/m0.../s1. The van der Waals surface area contributed by atoms with E-state index in [9.17, 15) is 9.59 Å². The molecule has 0 aliphatic carbocycles. The zero-order chi connectivity index (χ0) is 24.8. The lowest BCUT2D eigenvalue weighted by molar-refractivity contribution is -0.186. The van der Waals surface area contributed by atoms with Gasteiger partial charge in [-0.05, 0) is 35.7 Å². The van der Waals surface area contributed by atoms with E-state index in [1.807, 2.05) is 42.5 Å². The number of ether oxygens (including phenoxy) is 2. The number of oxazole rings is 1.